The molecule has 4 unspecified atom stereocenters. The van der Waals surface area contributed by atoms with Crippen LogP contribution in [-0.4, -0.2) is 65.1 Å². The highest BCUT2D eigenvalue weighted by atomic mass is 32.1. The maximum atomic E-state index is 13.9. The van der Waals surface area contributed by atoms with Crippen molar-refractivity contribution in [2.75, 3.05) is 13.2 Å². The predicted molar refractivity (Wildman–Crippen MR) is 101 cm³/mol. The summed E-state index contributed by atoms with van der Waals surface area (Å²) in [5, 5.41) is 13.4. The average Bonchev–Trinajstić information content (AvgIpc) is 3.31. The fourth-order valence-corrected chi connectivity index (χ4v) is 6.37. The topological polar surface area (TPSA) is 232 Å². The Morgan fingerprint density at radius 3 is 2.39 bits per heavy atom. The maximum Gasteiger partial charge on any atom is 0.490 e. The van der Waals surface area contributed by atoms with Crippen LogP contribution in [0.15, 0.2) is 6.20 Å². The molecule has 1 aromatic heterocycles. The number of phosphoric ester groups is 1. The van der Waals surface area contributed by atoms with Gasteiger partial charge >= 0.3 is 23.5 Å². The summed E-state index contributed by atoms with van der Waals surface area (Å²) in [4.78, 5) is 38.1. The lowest BCUT2D eigenvalue weighted by atomic mass is 10.00. The number of hydrogen-bond acceptors (Lipinski definition) is 11. The molecule has 3 heterocycles. The SMILES string of the molecule is O=P(O)(O)OP(=O)(O)OP(=O)(O)OC[C@H]1OC(n2cc(F)c(=S)[nH]c2=S)[C@]2(CN2)C1O. The second-order valence-electron chi connectivity index (χ2n) is 6.40. The van der Waals surface area contributed by atoms with Gasteiger partial charge < -0.3 is 39.7 Å². The zero-order valence-corrected chi connectivity index (χ0v) is 19.1. The van der Waals surface area contributed by atoms with Crippen LogP contribution in [0.2, 0.25) is 0 Å². The van der Waals surface area contributed by atoms with E-state index in [0.29, 0.717) is 0 Å². The molecule has 2 saturated heterocycles. The number of halogens is 1. The first-order valence-electron chi connectivity index (χ1n) is 7.93. The summed E-state index contributed by atoms with van der Waals surface area (Å²) < 4.78 is 65.8. The van der Waals surface area contributed by atoms with Gasteiger partial charge in [0, 0.05) is 12.7 Å². The molecule has 2 fully saturated rings. The third-order valence-corrected chi connectivity index (χ3v) is 8.62. The van der Waals surface area contributed by atoms with Crippen molar-refractivity contribution in [3.8, 4) is 0 Å². The lowest BCUT2D eigenvalue weighted by Gasteiger charge is -2.20. The molecule has 0 amide bonds. The van der Waals surface area contributed by atoms with Crippen LogP contribution >= 0.6 is 47.9 Å². The minimum absolute atomic E-state index is 0.0368. The summed E-state index contributed by atoms with van der Waals surface area (Å²) in [6, 6.07) is 0. The molecule has 2 aliphatic rings. The highest BCUT2D eigenvalue weighted by Gasteiger charge is 2.64. The number of aromatic amines is 1. The molecule has 1 spiro atoms. The quantitative estimate of drug-likeness (QED) is 0.133. The molecule has 2 aliphatic heterocycles. The smallest absolute Gasteiger partial charge is 0.388 e. The van der Waals surface area contributed by atoms with Gasteiger partial charge in [-0.15, -0.1) is 0 Å². The summed E-state index contributed by atoms with van der Waals surface area (Å²) in [6.45, 7) is -0.687. The number of H-pyrrole nitrogens is 1. The minimum atomic E-state index is -5.69. The first-order chi connectivity index (χ1) is 14.1. The Morgan fingerprint density at radius 2 is 1.84 bits per heavy atom. The molecule has 1 aromatic rings. The van der Waals surface area contributed by atoms with E-state index in [9.17, 15) is 28.1 Å². The van der Waals surface area contributed by atoms with E-state index < -0.39 is 59.9 Å². The standard InChI is InChI=1S/C10H15FN3O12P3S2/c11-4-1-14(9(31)13-7(4)30)8-10(3-12-10)6(15)5(24-8)2-23-28(19,20)26-29(21,22)25-27(16,17)18/h1,5-6,8,12,15H,2-3H2,(H,19,20)(H,21,22)(H,13,30,31)(H2,16,17,18)/t5-,6?,8?,10+/m1/s1. The lowest BCUT2D eigenvalue weighted by Crippen LogP contribution is -2.39. The fourth-order valence-electron chi connectivity index (χ4n) is 2.88. The van der Waals surface area contributed by atoms with E-state index in [2.05, 4.69) is 23.4 Å². The van der Waals surface area contributed by atoms with Gasteiger partial charge in [-0.2, -0.15) is 8.62 Å². The van der Waals surface area contributed by atoms with Crippen molar-refractivity contribution in [1.82, 2.24) is 14.9 Å². The molecule has 0 radical (unpaired) electrons. The average molecular weight is 545 g/mol. The van der Waals surface area contributed by atoms with Crippen molar-refractivity contribution in [1.29, 1.82) is 0 Å². The second-order valence-corrected chi connectivity index (χ2v) is 11.6. The summed E-state index contributed by atoms with van der Waals surface area (Å²) in [7, 11) is -16.6. The normalized spacial score (nSPS) is 32.0. The van der Waals surface area contributed by atoms with Crippen LogP contribution in [0.3, 0.4) is 0 Å². The number of aliphatic hydroxyl groups excluding tert-OH is 1. The summed E-state index contributed by atoms with van der Waals surface area (Å²) in [5.74, 6) is -0.825. The fraction of sp³-hybridized carbons (Fsp3) is 0.600. The van der Waals surface area contributed by atoms with E-state index >= 15 is 0 Å². The number of aromatic nitrogens is 2. The van der Waals surface area contributed by atoms with Crippen LogP contribution in [-0.2, 0) is 31.6 Å². The number of hydrogen-bond donors (Lipinski definition) is 7. The Bertz CT molecular complexity index is 1130. The van der Waals surface area contributed by atoms with E-state index in [1.165, 1.54) is 0 Å². The summed E-state index contributed by atoms with van der Waals surface area (Å²) in [6.07, 6.45) is -2.85. The van der Waals surface area contributed by atoms with Gasteiger partial charge in [0.2, 0.25) is 0 Å². The zero-order valence-electron chi connectivity index (χ0n) is 14.8. The molecular weight excluding hydrogens is 530 g/mol. The van der Waals surface area contributed by atoms with E-state index in [1.807, 2.05) is 0 Å². The molecule has 31 heavy (non-hydrogen) atoms. The first kappa shape index (κ1) is 25.4. The van der Waals surface area contributed by atoms with Crippen LogP contribution in [0.5, 0.6) is 0 Å². The second kappa shape index (κ2) is 8.51. The third kappa shape index (κ3) is 5.81. The van der Waals surface area contributed by atoms with Crippen molar-refractivity contribution >= 4 is 47.9 Å². The van der Waals surface area contributed by atoms with Crippen molar-refractivity contribution < 1.29 is 60.6 Å². The highest BCUT2D eigenvalue weighted by molar-refractivity contribution is 7.72. The van der Waals surface area contributed by atoms with E-state index in [0.717, 1.165) is 10.8 Å². The van der Waals surface area contributed by atoms with Crippen LogP contribution in [0.4, 0.5) is 4.39 Å². The van der Waals surface area contributed by atoms with Crippen molar-refractivity contribution in [2.24, 2.45) is 0 Å². The Kier molecular flexibility index (Phi) is 6.96. The monoisotopic (exact) mass is 545 g/mol. The predicted octanol–water partition coefficient (Wildman–Crippen LogP) is 0.358. The van der Waals surface area contributed by atoms with Gasteiger partial charge in [0.15, 0.2) is 16.8 Å². The van der Waals surface area contributed by atoms with Gasteiger partial charge in [0.05, 0.1) is 6.61 Å². The van der Waals surface area contributed by atoms with Gasteiger partial charge in [-0.05, 0) is 12.2 Å². The van der Waals surface area contributed by atoms with Crippen molar-refractivity contribution in [3.05, 3.63) is 21.4 Å². The van der Waals surface area contributed by atoms with E-state index in [4.69, 9.17) is 43.9 Å². The molecule has 0 saturated carbocycles. The zero-order chi connectivity index (χ0) is 23.4. The molecule has 0 bridgehead atoms. The molecule has 7 N–H and O–H groups in total. The molecule has 6 atom stereocenters. The number of phosphoric acid groups is 3. The Balaban J connectivity index is 1.73. The Labute approximate surface area is 182 Å². The molecular formula is C10H15FN3O12P3S2. The van der Waals surface area contributed by atoms with Crippen molar-refractivity contribution in [3.63, 3.8) is 0 Å². The van der Waals surface area contributed by atoms with Gasteiger partial charge in [0.1, 0.15) is 22.4 Å². The van der Waals surface area contributed by atoms with Crippen molar-refractivity contribution in [2.45, 2.75) is 24.0 Å². The van der Waals surface area contributed by atoms with Gasteiger partial charge in [-0.25, -0.2) is 18.1 Å². The number of nitrogens with zero attached hydrogens (tertiary/aromatic N) is 1. The Hall–Kier alpha value is -0.260. The molecule has 3 rings (SSSR count). The van der Waals surface area contributed by atoms with Gasteiger partial charge in [-0.1, -0.05) is 12.2 Å². The number of rotatable bonds is 8. The van der Waals surface area contributed by atoms with Crippen LogP contribution in [0.1, 0.15) is 6.23 Å². The summed E-state index contributed by atoms with van der Waals surface area (Å²) in [5.41, 5.74) is -1.15. The van der Waals surface area contributed by atoms with E-state index in [1.54, 1.807) is 0 Å². The molecule has 21 heteroatoms. The van der Waals surface area contributed by atoms with Crippen LogP contribution in [0.25, 0.3) is 0 Å². The molecule has 0 aromatic carbocycles. The number of aliphatic hydroxyl groups is 1. The first-order valence-corrected chi connectivity index (χ1v) is 13.3. The van der Waals surface area contributed by atoms with Gasteiger partial charge in [-0.3, -0.25) is 9.09 Å². The number of ether oxygens (including phenoxy) is 1. The van der Waals surface area contributed by atoms with Crippen LogP contribution < -0.4 is 5.32 Å². The van der Waals surface area contributed by atoms with Gasteiger partial charge in [0.25, 0.3) is 0 Å². The number of nitrogens with one attached hydrogen (secondary N) is 2. The maximum absolute atomic E-state index is 13.9. The lowest BCUT2D eigenvalue weighted by molar-refractivity contribution is -0.0457. The third-order valence-electron chi connectivity index (χ3n) is 4.20. The minimum Gasteiger partial charge on any atom is -0.388 e. The Morgan fingerprint density at radius 1 is 1.23 bits per heavy atom. The van der Waals surface area contributed by atoms with E-state index in [-0.39, 0.29) is 16.0 Å². The molecule has 15 nitrogen and oxygen atoms in total. The highest BCUT2D eigenvalue weighted by Crippen LogP contribution is 2.66. The van der Waals surface area contributed by atoms with Crippen LogP contribution in [0, 0.1) is 15.2 Å². The summed E-state index contributed by atoms with van der Waals surface area (Å²) >= 11 is 9.82. The largest absolute Gasteiger partial charge is 0.490 e. The molecule has 176 valence electrons. The molecule has 0 aliphatic carbocycles.